The molecule has 0 aliphatic carbocycles. The van der Waals surface area contributed by atoms with Crippen molar-refractivity contribution in [1.29, 1.82) is 0 Å². The molecule has 1 nitrogen and oxygen atoms in total. The van der Waals surface area contributed by atoms with Gasteiger partial charge in [0.2, 0.25) is 7.83 Å². The van der Waals surface area contributed by atoms with Crippen LogP contribution >= 0.6 is 0 Å². The van der Waals surface area contributed by atoms with Crippen molar-refractivity contribution in [2.45, 2.75) is 113 Å². The molecule has 0 aromatic rings. The summed E-state index contributed by atoms with van der Waals surface area (Å²) in [5.74, 6) is 0. The SMILES string of the molecule is CC(C)(C)O[Si]1([Si](C)(C)C)C([Si](C)(C)C)=C(C(C)(C)C)C1C(C)(C)C. The first-order chi connectivity index (χ1) is 10.6. The van der Waals surface area contributed by atoms with Gasteiger partial charge in [0.05, 0.1) is 15.7 Å². The van der Waals surface area contributed by atoms with Crippen LogP contribution in [0, 0.1) is 10.8 Å². The van der Waals surface area contributed by atoms with Crippen LogP contribution < -0.4 is 0 Å². The molecule has 0 aromatic carbocycles. The largest absolute Gasteiger partial charge is 0.411 e. The molecule has 0 radical (unpaired) electrons. The molecular formula is C21H46OSi3. The van der Waals surface area contributed by atoms with Crippen molar-refractivity contribution in [2.75, 3.05) is 0 Å². The van der Waals surface area contributed by atoms with Crippen LogP contribution in [0.15, 0.2) is 10.4 Å². The van der Waals surface area contributed by atoms with Gasteiger partial charge in [-0.2, -0.15) is 0 Å². The molecule has 0 spiro atoms. The molecule has 2 atom stereocenters. The van der Waals surface area contributed by atoms with Gasteiger partial charge in [-0.25, -0.2) is 0 Å². The molecule has 0 amide bonds. The van der Waals surface area contributed by atoms with E-state index in [0.29, 0.717) is 5.54 Å². The Kier molecular flexibility index (Phi) is 5.78. The van der Waals surface area contributed by atoms with Gasteiger partial charge < -0.3 is 4.43 Å². The summed E-state index contributed by atoms with van der Waals surface area (Å²) >= 11 is 0. The lowest BCUT2D eigenvalue weighted by Crippen LogP contribution is -2.77. The lowest BCUT2D eigenvalue weighted by Gasteiger charge is -2.67. The Labute approximate surface area is 162 Å². The van der Waals surface area contributed by atoms with Crippen molar-refractivity contribution in [1.82, 2.24) is 0 Å². The van der Waals surface area contributed by atoms with E-state index in [0.717, 1.165) is 0 Å². The smallest absolute Gasteiger partial charge is 0.210 e. The fraction of sp³-hybridized carbons (Fsp3) is 0.905. The van der Waals surface area contributed by atoms with Gasteiger partial charge in [0.25, 0.3) is 0 Å². The van der Waals surface area contributed by atoms with Gasteiger partial charge >= 0.3 is 0 Å². The quantitative estimate of drug-likeness (QED) is 0.451. The van der Waals surface area contributed by atoms with E-state index in [2.05, 4.69) is 102 Å². The van der Waals surface area contributed by atoms with E-state index in [9.17, 15) is 0 Å². The predicted octanol–water partition coefficient (Wildman–Crippen LogP) is 7.35. The molecule has 1 aliphatic rings. The van der Waals surface area contributed by atoms with Gasteiger partial charge in [0.1, 0.15) is 0 Å². The first kappa shape index (κ1) is 23.4. The summed E-state index contributed by atoms with van der Waals surface area (Å²) in [7, 11) is -4.97. The topological polar surface area (TPSA) is 9.23 Å². The minimum Gasteiger partial charge on any atom is -0.411 e. The first-order valence-electron chi connectivity index (χ1n) is 10.0. The zero-order valence-corrected chi connectivity index (χ0v) is 23.0. The molecule has 148 valence electrons. The number of allylic oxidation sites excluding steroid dienone is 1. The minimum atomic E-state index is -2.00. The Morgan fingerprint density at radius 1 is 0.760 bits per heavy atom. The number of rotatable bonds is 3. The predicted molar refractivity (Wildman–Crippen MR) is 123 cm³/mol. The van der Waals surface area contributed by atoms with Crippen molar-refractivity contribution in [2.24, 2.45) is 10.8 Å². The zero-order chi connectivity index (χ0) is 20.4. The molecule has 1 aliphatic heterocycles. The van der Waals surface area contributed by atoms with Crippen LogP contribution in [0.25, 0.3) is 0 Å². The molecule has 0 bridgehead atoms. The second kappa shape index (κ2) is 6.18. The Balaban J connectivity index is 3.98. The Bertz CT molecular complexity index is 542. The Morgan fingerprint density at radius 2 is 1.16 bits per heavy atom. The van der Waals surface area contributed by atoms with Crippen LogP contribution in [0.4, 0.5) is 0 Å². The van der Waals surface area contributed by atoms with Gasteiger partial charge in [0, 0.05) is 11.1 Å². The maximum absolute atomic E-state index is 7.31. The van der Waals surface area contributed by atoms with Crippen LogP contribution in [-0.2, 0) is 4.43 Å². The molecule has 4 heteroatoms. The highest BCUT2D eigenvalue weighted by atomic mass is 29.3. The van der Waals surface area contributed by atoms with Crippen LogP contribution in [0.2, 0.25) is 44.8 Å². The highest BCUT2D eigenvalue weighted by Gasteiger charge is 2.71. The summed E-state index contributed by atoms with van der Waals surface area (Å²) in [6.45, 7) is 36.9. The van der Waals surface area contributed by atoms with Crippen molar-refractivity contribution in [3.05, 3.63) is 10.4 Å². The van der Waals surface area contributed by atoms with Crippen molar-refractivity contribution >= 4 is 23.5 Å². The van der Waals surface area contributed by atoms with Gasteiger partial charge in [-0.05, 0) is 31.6 Å². The van der Waals surface area contributed by atoms with Crippen LogP contribution in [0.5, 0.6) is 0 Å². The van der Waals surface area contributed by atoms with Crippen LogP contribution in [-0.4, -0.2) is 29.1 Å². The summed E-state index contributed by atoms with van der Waals surface area (Å²) in [5.41, 5.74) is 2.86. The summed E-state index contributed by atoms with van der Waals surface area (Å²) in [6.07, 6.45) is 0. The molecule has 25 heavy (non-hydrogen) atoms. The molecule has 1 heterocycles. The fourth-order valence-corrected chi connectivity index (χ4v) is 33.4. The summed E-state index contributed by atoms with van der Waals surface area (Å²) in [6, 6.07) is 0. The first-order valence-corrected chi connectivity index (χ1v) is 20.0. The molecule has 2 unspecified atom stereocenters. The minimum absolute atomic E-state index is 0.0652. The van der Waals surface area contributed by atoms with Crippen molar-refractivity contribution < 1.29 is 4.43 Å². The van der Waals surface area contributed by atoms with Gasteiger partial charge in [-0.1, -0.05) is 91.2 Å². The third-order valence-corrected chi connectivity index (χ3v) is 26.0. The third kappa shape index (κ3) is 4.27. The van der Waals surface area contributed by atoms with E-state index < -0.39 is 23.5 Å². The fourth-order valence-electron chi connectivity index (χ4n) is 4.98. The lowest BCUT2D eigenvalue weighted by atomic mass is 9.76. The summed E-state index contributed by atoms with van der Waals surface area (Å²) < 4.78 is 7.31. The summed E-state index contributed by atoms with van der Waals surface area (Å²) in [5, 5.41) is 0. The van der Waals surface area contributed by atoms with E-state index in [1.54, 1.807) is 5.57 Å². The molecule has 0 saturated heterocycles. The Morgan fingerprint density at radius 3 is 1.36 bits per heavy atom. The van der Waals surface area contributed by atoms with E-state index in [4.69, 9.17) is 4.43 Å². The van der Waals surface area contributed by atoms with Gasteiger partial charge in [0.15, 0.2) is 0 Å². The van der Waals surface area contributed by atoms with E-state index >= 15 is 0 Å². The van der Waals surface area contributed by atoms with Crippen LogP contribution in [0.1, 0.15) is 62.3 Å². The highest BCUT2D eigenvalue weighted by molar-refractivity contribution is 7.46. The maximum Gasteiger partial charge on any atom is 0.210 e. The van der Waals surface area contributed by atoms with E-state index in [1.165, 1.54) is 0 Å². The van der Waals surface area contributed by atoms with Crippen LogP contribution in [0.3, 0.4) is 0 Å². The second-order valence-electron chi connectivity index (χ2n) is 13.3. The normalized spacial score (nSPS) is 26.8. The summed E-state index contributed by atoms with van der Waals surface area (Å²) in [4.78, 5) is 1.88. The average Bonchev–Trinajstić information content (AvgIpc) is 2.13. The highest BCUT2D eigenvalue weighted by Crippen LogP contribution is 2.66. The number of hydrogen-bond acceptors (Lipinski definition) is 1. The van der Waals surface area contributed by atoms with Gasteiger partial charge in [-0.3, -0.25) is 0 Å². The molecular weight excluding hydrogens is 352 g/mol. The lowest BCUT2D eigenvalue weighted by molar-refractivity contribution is 0.111. The molecule has 0 aromatic heterocycles. The van der Waals surface area contributed by atoms with Crippen molar-refractivity contribution in [3.8, 4) is 0 Å². The third-order valence-electron chi connectivity index (χ3n) is 5.34. The maximum atomic E-state index is 7.31. The second-order valence-corrected chi connectivity index (χ2v) is 32.8. The molecule has 0 fully saturated rings. The average molecular weight is 399 g/mol. The van der Waals surface area contributed by atoms with Crippen molar-refractivity contribution in [3.63, 3.8) is 0 Å². The molecule has 1 rings (SSSR count). The Hall–Kier alpha value is 0.351. The standard InChI is InChI=1S/C21H46OSi3/c1-19(2,3)16-17(20(4,5)6)25(24(13,14)15,22-21(7,8)9)18(16)23(10,11)12/h17H,1-15H3. The number of hydrogen-bond donors (Lipinski definition) is 0. The van der Waals surface area contributed by atoms with Gasteiger partial charge in [-0.15, -0.1) is 0 Å². The zero-order valence-electron chi connectivity index (χ0n) is 20.0. The van der Waals surface area contributed by atoms with E-state index in [-0.39, 0.29) is 16.4 Å². The van der Waals surface area contributed by atoms with E-state index in [1.807, 2.05) is 4.82 Å². The molecule has 0 N–H and O–H groups in total. The molecule has 0 saturated carbocycles. The monoisotopic (exact) mass is 398 g/mol.